The molecule has 1 rings (SSSR count). The van der Waals surface area contributed by atoms with Crippen LogP contribution in [0.1, 0.15) is 26.3 Å². The van der Waals surface area contributed by atoms with Gasteiger partial charge in [-0.05, 0) is 30.0 Å². The molecule has 114 valence electrons. The van der Waals surface area contributed by atoms with Gasteiger partial charge in [0.15, 0.2) is 0 Å². The molecule has 0 spiro atoms. The van der Waals surface area contributed by atoms with Crippen molar-refractivity contribution in [2.75, 3.05) is 13.2 Å². The number of nitrogens with two attached hydrogens (primary N) is 1. The molecule has 20 heavy (non-hydrogen) atoms. The lowest BCUT2D eigenvalue weighted by atomic mass is 9.87. The molecule has 0 bridgehead atoms. The molecule has 0 saturated carbocycles. The fourth-order valence-electron chi connectivity index (χ4n) is 1.55. The minimum atomic E-state index is -0.508. The number of halogens is 1. The second-order valence-corrected chi connectivity index (χ2v) is 5.80. The maximum atomic E-state index is 11.8. The van der Waals surface area contributed by atoms with Crippen LogP contribution in [0.2, 0.25) is 0 Å². The van der Waals surface area contributed by atoms with E-state index >= 15 is 0 Å². The van der Waals surface area contributed by atoms with Crippen LogP contribution >= 0.6 is 12.4 Å². The molecule has 0 aliphatic heterocycles. The monoisotopic (exact) mass is 300 g/mol. The van der Waals surface area contributed by atoms with Gasteiger partial charge < -0.3 is 15.8 Å². The molecule has 0 aromatic heterocycles. The normalized spacial score (nSPS) is 12.2. The third kappa shape index (κ3) is 6.26. The Labute approximate surface area is 127 Å². The van der Waals surface area contributed by atoms with Gasteiger partial charge in [-0.25, -0.2) is 0 Å². The van der Waals surface area contributed by atoms with Crippen LogP contribution in [0.3, 0.4) is 0 Å². The van der Waals surface area contributed by atoms with Crippen LogP contribution in [-0.4, -0.2) is 25.1 Å². The Morgan fingerprint density at radius 2 is 2.05 bits per heavy atom. The van der Waals surface area contributed by atoms with E-state index in [1.54, 1.807) is 0 Å². The van der Waals surface area contributed by atoms with E-state index in [1.165, 1.54) is 0 Å². The molecule has 1 atom stereocenters. The van der Waals surface area contributed by atoms with Crippen LogP contribution in [0.15, 0.2) is 24.3 Å². The fraction of sp³-hybridized carbons (Fsp3) is 0.533. The number of hydrogen-bond acceptors (Lipinski definition) is 3. The second kappa shape index (κ2) is 8.12. The summed E-state index contributed by atoms with van der Waals surface area (Å²) >= 11 is 0. The Morgan fingerprint density at radius 3 is 2.60 bits per heavy atom. The lowest BCUT2D eigenvalue weighted by Crippen LogP contribution is -2.49. The van der Waals surface area contributed by atoms with Crippen molar-refractivity contribution in [3.05, 3.63) is 29.8 Å². The molecular formula is C15H25ClN2O2. The molecule has 0 fully saturated rings. The minimum Gasteiger partial charge on any atom is -0.492 e. The van der Waals surface area contributed by atoms with E-state index in [-0.39, 0.29) is 23.7 Å². The average molecular weight is 301 g/mol. The molecule has 1 aromatic rings. The van der Waals surface area contributed by atoms with Crippen molar-refractivity contribution in [1.29, 1.82) is 0 Å². The zero-order valence-corrected chi connectivity index (χ0v) is 13.4. The molecule has 5 heteroatoms. The van der Waals surface area contributed by atoms with Gasteiger partial charge in [0.25, 0.3) is 0 Å². The number of ether oxygens (including phenoxy) is 1. The number of rotatable bonds is 5. The summed E-state index contributed by atoms with van der Waals surface area (Å²) in [6.07, 6.45) is 0. The summed E-state index contributed by atoms with van der Waals surface area (Å²) in [7, 11) is 0. The topological polar surface area (TPSA) is 64.3 Å². The van der Waals surface area contributed by atoms with Gasteiger partial charge in [-0.2, -0.15) is 0 Å². The van der Waals surface area contributed by atoms with Crippen molar-refractivity contribution in [3.8, 4) is 5.75 Å². The highest BCUT2D eigenvalue weighted by atomic mass is 35.5. The number of carbonyl (C=O) groups is 1. The first-order chi connectivity index (χ1) is 8.80. The van der Waals surface area contributed by atoms with Crippen molar-refractivity contribution >= 4 is 18.3 Å². The Hall–Kier alpha value is -1.26. The number of amides is 1. The lowest BCUT2D eigenvalue weighted by molar-refractivity contribution is -0.124. The summed E-state index contributed by atoms with van der Waals surface area (Å²) in [5.74, 6) is 0.676. The quantitative estimate of drug-likeness (QED) is 0.820. The first-order valence-corrected chi connectivity index (χ1v) is 6.53. The van der Waals surface area contributed by atoms with Crippen LogP contribution in [0.5, 0.6) is 5.75 Å². The zero-order chi connectivity index (χ0) is 14.5. The molecule has 0 aliphatic rings. The van der Waals surface area contributed by atoms with Gasteiger partial charge in [0.05, 0.1) is 12.6 Å². The fourth-order valence-corrected chi connectivity index (χ4v) is 1.55. The van der Waals surface area contributed by atoms with Crippen molar-refractivity contribution in [2.24, 2.45) is 11.1 Å². The molecule has 0 radical (unpaired) electrons. The van der Waals surface area contributed by atoms with Crippen molar-refractivity contribution < 1.29 is 9.53 Å². The van der Waals surface area contributed by atoms with Crippen LogP contribution in [0.25, 0.3) is 0 Å². The third-order valence-electron chi connectivity index (χ3n) is 2.88. The summed E-state index contributed by atoms with van der Waals surface area (Å²) < 4.78 is 5.55. The molecule has 1 aromatic carbocycles. The highest BCUT2D eigenvalue weighted by molar-refractivity contribution is 5.85. The standard InChI is InChI=1S/C15H24N2O2.ClH/c1-11-6-5-7-12(10-11)19-9-8-17-14(18)13(16)15(2,3)4;/h5-7,10,13H,8-9,16H2,1-4H3,(H,17,18);1H/t13-;/m1./s1. The summed E-state index contributed by atoms with van der Waals surface area (Å²) in [6, 6.07) is 7.31. The van der Waals surface area contributed by atoms with E-state index < -0.39 is 6.04 Å². The van der Waals surface area contributed by atoms with Crippen LogP contribution in [0.4, 0.5) is 0 Å². The first kappa shape index (κ1) is 18.7. The van der Waals surface area contributed by atoms with Gasteiger partial charge in [0, 0.05) is 0 Å². The predicted octanol–water partition coefficient (Wildman–Crippen LogP) is 2.29. The molecule has 0 heterocycles. The maximum Gasteiger partial charge on any atom is 0.237 e. The smallest absolute Gasteiger partial charge is 0.237 e. The van der Waals surface area contributed by atoms with Gasteiger partial charge in [0.2, 0.25) is 5.91 Å². The van der Waals surface area contributed by atoms with Gasteiger partial charge in [0.1, 0.15) is 12.4 Å². The summed E-state index contributed by atoms with van der Waals surface area (Å²) in [6.45, 7) is 8.74. The zero-order valence-electron chi connectivity index (χ0n) is 12.6. The minimum absolute atomic E-state index is 0. The van der Waals surface area contributed by atoms with E-state index in [1.807, 2.05) is 52.0 Å². The van der Waals surface area contributed by atoms with Gasteiger partial charge in [-0.1, -0.05) is 32.9 Å². The van der Waals surface area contributed by atoms with E-state index in [2.05, 4.69) is 5.32 Å². The van der Waals surface area contributed by atoms with Crippen LogP contribution in [-0.2, 0) is 4.79 Å². The first-order valence-electron chi connectivity index (χ1n) is 6.53. The Bertz CT molecular complexity index is 430. The van der Waals surface area contributed by atoms with Crippen LogP contribution in [0, 0.1) is 12.3 Å². The van der Waals surface area contributed by atoms with E-state index in [4.69, 9.17) is 10.5 Å². The van der Waals surface area contributed by atoms with E-state index in [0.717, 1.165) is 11.3 Å². The number of carbonyl (C=O) groups excluding carboxylic acids is 1. The summed E-state index contributed by atoms with van der Waals surface area (Å²) in [4.78, 5) is 11.8. The highest BCUT2D eigenvalue weighted by Crippen LogP contribution is 2.17. The van der Waals surface area contributed by atoms with Crippen molar-refractivity contribution in [2.45, 2.75) is 33.7 Å². The van der Waals surface area contributed by atoms with Crippen LogP contribution < -0.4 is 15.8 Å². The lowest BCUT2D eigenvalue weighted by Gasteiger charge is -2.25. The SMILES string of the molecule is Cc1cccc(OCCNC(=O)[C@@H](N)C(C)(C)C)c1.Cl. The molecule has 1 amide bonds. The molecule has 0 unspecified atom stereocenters. The summed E-state index contributed by atoms with van der Waals surface area (Å²) in [5.41, 5.74) is 6.77. The van der Waals surface area contributed by atoms with Crippen molar-refractivity contribution in [3.63, 3.8) is 0 Å². The maximum absolute atomic E-state index is 11.8. The second-order valence-electron chi connectivity index (χ2n) is 5.80. The average Bonchev–Trinajstić information content (AvgIpc) is 2.32. The molecule has 3 N–H and O–H groups in total. The van der Waals surface area contributed by atoms with Gasteiger partial charge in [-0.15, -0.1) is 12.4 Å². The number of hydrogen-bond donors (Lipinski definition) is 2. The largest absolute Gasteiger partial charge is 0.492 e. The molecule has 4 nitrogen and oxygen atoms in total. The number of nitrogens with one attached hydrogen (secondary N) is 1. The highest BCUT2D eigenvalue weighted by Gasteiger charge is 2.26. The van der Waals surface area contributed by atoms with E-state index in [0.29, 0.717) is 13.2 Å². The molecular weight excluding hydrogens is 276 g/mol. The number of aryl methyl sites for hydroxylation is 1. The van der Waals surface area contributed by atoms with Gasteiger partial charge in [-0.3, -0.25) is 4.79 Å². The Balaban J connectivity index is 0.00000361. The third-order valence-corrected chi connectivity index (χ3v) is 2.88. The van der Waals surface area contributed by atoms with E-state index in [9.17, 15) is 4.79 Å². The number of benzene rings is 1. The van der Waals surface area contributed by atoms with Gasteiger partial charge >= 0.3 is 0 Å². The Kier molecular flexibility index (Phi) is 7.61. The Morgan fingerprint density at radius 1 is 1.40 bits per heavy atom. The molecule has 0 saturated heterocycles. The predicted molar refractivity (Wildman–Crippen MR) is 84.4 cm³/mol. The molecule has 0 aliphatic carbocycles. The van der Waals surface area contributed by atoms with Crippen molar-refractivity contribution in [1.82, 2.24) is 5.32 Å². The summed E-state index contributed by atoms with van der Waals surface area (Å²) in [5, 5.41) is 2.78.